The van der Waals surface area contributed by atoms with Gasteiger partial charge < -0.3 is 5.32 Å². The molecule has 0 radical (unpaired) electrons. The summed E-state index contributed by atoms with van der Waals surface area (Å²) in [5.74, 6) is -2.05. The van der Waals surface area contributed by atoms with Crippen LogP contribution in [0.1, 0.15) is 12.6 Å². The van der Waals surface area contributed by atoms with Gasteiger partial charge in [-0.05, 0) is 24.3 Å². The third-order valence-corrected chi connectivity index (χ3v) is 6.63. The highest BCUT2D eigenvalue weighted by molar-refractivity contribution is 7.91. The number of thiazole rings is 1. The molecule has 0 atom stereocenters. The fourth-order valence-electron chi connectivity index (χ4n) is 2.53. The van der Waals surface area contributed by atoms with E-state index in [-0.39, 0.29) is 22.8 Å². The first-order valence-corrected chi connectivity index (χ1v) is 10.8. The largest absolute Gasteiger partial charge is 0.322 e. The first-order valence-electron chi connectivity index (χ1n) is 8.31. The minimum absolute atomic E-state index is 0.175. The summed E-state index contributed by atoms with van der Waals surface area (Å²) >= 11 is 1.25. The number of rotatable bonds is 6. The fraction of sp³-hybridized carbons (Fsp3) is 0.158. The molecule has 0 bridgehead atoms. The predicted molar refractivity (Wildman–Crippen MR) is 104 cm³/mol. The van der Waals surface area contributed by atoms with E-state index in [1.54, 1.807) is 17.5 Å². The van der Waals surface area contributed by atoms with Gasteiger partial charge in [0.05, 0.1) is 28.5 Å². The second-order valence-electron chi connectivity index (χ2n) is 5.90. The lowest BCUT2D eigenvalue weighted by Crippen LogP contribution is -2.18. The van der Waals surface area contributed by atoms with Gasteiger partial charge in [-0.25, -0.2) is 22.2 Å². The lowest BCUT2D eigenvalue weighted by atomic mass is 10.2. The van der Waals surface area contributed by atoms with E-state index in [2.05, 4.69) is 10.3 Å². The number of carbonyl (C=O) groups excluding carboxylic acids is 1. The summed E-state index contributed by atoms with van der Waals surface area (Å²) in [5, 5.41) is 4.53. The van der Waals surface area contributed by atoms with Crippen LogP contribution < -0.4 is 5.32 Å². The van der Waals surface area contributed by atoms with E-state index in [0.717, 1.165) is 6.07 Å². The molecule has 5 nitrogen and oxygen atoms in total. The van der Waals surface area contributed by atoms with Crippen LogP contribution in [0.5, 0.6) is 0 Å². The molecule has 1 heterocycles. The van der Waals surface area contributed by atoms with Crippen molar-refractivity contribution in [2.75, 3.05) is 11.1 Å². The topological polar surface area (TPSA) is 76.1 Å². The Balaban J connectivity index is 1.79. The van der Waals surface area contributed by atoms with E-state index in [9.17, 15) is 22.0 Å². The third-order valence-electron chi connectivity index (χ3n) is 3.92. The summed E-state index contributed by atoms with van der Waals surface area (Å²) in [5.41, 5.74) is 0.634. The maximum absolute atomic E-state index is 14.2. The Labute approximate surface area is 165 Å². The summed E-state index contributed by atoms with van der Waals surface area (Å²) in [6.07, 6.45) is -0.175. The zero-order valence-electron chi connectivity index (χ0n) is 14.8. The molecule has 3 rings (SSSR count). The van der Waals surface area contributed by atoms with Gasteiger partial charge in [-0.3, -0.25) is 4.79 Å². The Kier molecular flexibility index (Phi) is 5.85. The van der Waals surface area contributed by atoms with Gasteiger partial charge in [-0.2, -0.15) is 0 Å². The van der Waals surface area contributed by atoms with E-state index in [0.29, 0.717) is 16.3 Å². The number of halogens is 2. The number of benzene rings is 2. The number of nitrogens with one attached hydrogen (secondary N) is 1. The van der Waals surface area contributed by atoms with Crippen molar-refractivity contribution in [2.24, 2.45) is 0 Å². The molecule has 0 unspecified atom stereocenters. The molecule has 0 saturated heterocycles. The summed E-state index contributed by atoms with van der Waals surface area (Å²) in [6, 6.07) is 9.53. The Morgan fingerprint density at radius 1 is 1.18 bits per heavy atom. The Bertz CT molecular complexity index is 1130. The average molecular weight is 422 g/mol. The second-order valence-corrected chi connectivity index (χ2v) is 9.00. The van der Waals surface area contributed by atoms with Gasteiger partial charge in [0.25, 0.3) is 0 Å². The molecular weight excluding hydrogens is 406 g/mol. The number of carbonyl (C=O) groups is 1. The van der Waals surface area contributed by atoms with Crippen molar-refractivity contribution in [2.45, 2.75) is 18.2 Å². The molecule has 0 fully saturated rings. The van der Waals surface area contributed by atoms with E-state index in [1.165, 1.54) is 42.5 Å². The van der Waals surface area contributed by atoms with Gasteiger partial charge in [0.15, 0.2) is 9.84 Å². The van der Waals surface area contributed by atoms with Gasteiger partial charge in [0.1, 0.15) is 16.6 Å². The molecule has 0 aliphatic carbocycles. The summed E-state index contributed by atoms with van der Waals surface area (Å²) in [7, 11) is -3.71. The molecule has 0 aliphatic heterocycles. The number of aromatic nitrogens is 1. The van der Waals surface area contributed by atoms with Crippen molar-refractivity contribution >= 4 is 32.8 Å². The number of para-hydroxylation sites is 1. The van der Waals surface area contributed by atoms with Crippen LogP contribution in [0.25, 0.3) is 10.6 Å². The minimum Gasteiger partial charge on any atom is -0.322 e. The van der Waals surface area contributed by atoms with Crippen molar-refractivity contribution in [1.82, 2.24) is 4.98 Å². The summed E-state index contributed by atoms with van der Waals surface area (Å²) in [4.78, 5) is 16.4. The van der Waals surface area contributed by atoms with Crippen LogP contribution >= 0.6 is 11.3 Å². The maximum atomic E-state index is 14.2. The molecule has 3 aromatic rings. The molecule has 0 spiro atoms. The van der Waals surface area contributed by atoms with E-state index in [1.807, 2.05) is 0 Å². The zero-order chi connectivity index (χ0) is 20.3. The number of nitrogens with zero attached hydrogens (tertiary/aromatic N) is 1. The van der Waals surface area contributed by atoms with Crippen molar-refractivity contribution in [3.05, 3.63) is 65.2 Å². The highest BCUT2D eigenvalue weighted by Gasteiger charge is 2.21. The van der Waals surface area contributed by atoms with Crippen molar-refractivity contribution in [3.8, 4) is 10.6 Å². The predicted octanol–water partition coefficient (Wildman–Crippen LogP) is 4.06. The smallest absolute Gasteiger partial charge is 0.230 e. The number of amides is 1. The number of sulfone groups is 1. The van der Waals surface area contributed by atoms with Gasteiger partial charge in [0.2, 0.25) is 5.91 Å². The molecule has 1 N–H and O–H groups in total. The van der Waals surface area contributed by atoms with Crippen LogP contribution in [0, 0.1) is 11.6 Å². The quantitative estimate of drug-likeness (QED) is 0.650. The molecule has 28 heavy (non-hydrogen) atoms. The average Bonchev–Trinajstić information content (AvgIpc) is 3.11. The van der Waals surface area contributed by atoms with Gasteiger partial charge in [-0.15, -0.1) is 11.3 Å². The molecule has 1 aromatic heterocycles. The lowest BCUT2D eigenvalue weighted by Gasteiger charge is -2.11. The van der Waals surface area contributed by atoms with Crippen LogP contribution in [0.4, 0.5) is 14.5 Å². The standard InChI is InChI=1S/C19H16F2N2O3S2/c1-2-28(25,26)16-8-4-7-15(21)18(16)23-17(24)10-14-11-27-19(22-14)12-5-3-6-13(20)9-12/h3-9,11H,2,10H2,1H3,(H,23,24). The van der Waals surface area contributed by atoms with Gasteiger partial charge in [-0.1, -0.05) is 25.1 Å². The number of anilines is 1. The van der Waals surface area contributed by atoms with Crippen molar-refractivity contribution in [1.29, 1.82) is 0 Å². The maximum Gasteiger partial charge on any atom is 0.230 e. The van der Waals surface area contributed by atoms with Crippen LogP contribution in [-0.4, -0.2) is 25.1 Å². The second kappa shape index (κ2) is 8.15. The van der Waals surface area contributed by atoms with E-state index >= 15 is 0 Å². The Hall–Kier alpha value is -2.65. The van der Waals surface area contributed by atoms with E-state index in [4.69, 9.17) is 0 Å². The molecule has 2 aromatic carbocycles. The van der Waals surface area contributed by atoms with Gasteiger partial charge in [0, 0.05) is 10.9 Å². The lowest BCUT2D eigenvalue weighted by molar-refractivity contribution is -0.115. The Morgan fingerprint density at radius 2 is 1.93 bits per heavy atom. The van der Waals surface area contributed by atoms with Gasteiger partial charge >= 0.3 is 0 Å². The monoisotopic (exact) mass is 422 g/mol. The molecule has 146 valence electrons. The summed E-state index contributed by atoms with van der Waals surface area (Å²) < 4.78 is 51.8. The minimum atomic E-state index is -3.71. The molecule has 0 aliphatic rings. The normalized spacial score (nSPS) is 11.4. The fourth-order valence-corrected chi connectivity index (χ4v) is 4.40. The Morgan fingerprint density at radius 3 is 2.64 bits per heavy atom. The highest BCUT2D eigenvalue weighted by atomic mass is 32.2. The molecular formula is C19H16F2N2O3S2. The SMILES string of the molecule is CCS(=O)(=O)c1cccc(F)c1NC(=O)Cc1csc(-c2cccc(F)c2)n1. The third kappa shape index (κ3) is 4.42. The molecule has 9 heteroatoms. The van der Waals surface area contributed by atoms with Crippen LogP contribution in [-0.2, 0) is 21.1 Å². The first-order chi connectivity index (χ1) is 13.3. The number of hydrogen-bond acceptors (Lipinski definition) is 5. The zero-order valence-corrected chi connectivity index (χ0v) is 16.4. The van der Waals surface area contributed by atoms with Crippen LogP contribution in [0.3, 0.4) is 0 Å². The van der Waals surface area contributed by atoms with E-state index < -0.39 is 27.4 Å². The van der Waals surface area contributed by atoms with Crippen LogP contribution in [0.15, 0.2) is 52.7 Å². The molecule has 1 amide bonds. The van der Waals surface area contributed by atoms with Crippen LogP contribution in [0.2, 0.25) is 0 Å². The first kappa shape index (κ1) is 20.1. The number of hydrogen-bond donors (Lipinski definition) is 1. The molecule has 0 saturated carbocycles. The van der Waals surface area contributed by atoms with Crippen molar-refractivity contribution < 1.29 is 22.0 Å². The summed E-state index contributed by atoms with van der Waals surface area (Å²) in [6.45, 7) is 1.44. The van der Waals surface area contributed by atoms with Crippen molar-refractivity contribution in [3.63, 3.8) is 0 Å². The highest BCUT2D eigenvalue weighted by Crippen LogP contribution is 2.27.